The Morgan fingerprint density at radius 1 is 0.660 bits per heavy atom. The molecule has 0 atom stereocenters. The van der Waals surface area contributed by atoms with E-state index in [1.54, 1.807) is 6.20 Å². The third-order valence-corrected chi connectivity index (χ3v) is 9.61. The van der Waals surface area contributed by atoms with Crippen LogP contribution in [-0.4, -0.2) is 14.5 Å². The van der Waals surface area contributed by atoms with Crippen molar-refractivity contribution >= 4 is 32.8 Å². The molecule has 0 amide bonds. The van der Waals surface area contributed by atoms with E-state index in [0.717, 1.165) is 50.2 Å². The first kappa shape index (κ1) is 35.8. The third kappa shape index (κ3) is 6.99. The van der Waals surface area contributed by atoms with Crippen molar-refractivity contribution in [3.8, 4) is 39.5 Å². The number of rotatable bonds is 6. The van der Waals surface area contributed by atoms with Crippen molar-refractivity contribution in [2.24, 2.45) is 0 Å². The quantitative estimate of drug-likeness (QED) is 0.156. The molecule has 4 nitrogen and oxygen atoms in total. The van der Waals surface area contributed by atoms with Gasteiger partial charge in [-0.1, -0.05) is 142 Å². The van der Waals surface area contributed by atoms with Crippen LogP contribution in [0.2, 0.25) is 0 Å². The summed E-state index contributed by atoms with van der Waals surface area (Å²) in [6.45, 7) is 9.05. The van der Waals surface area contributed by atoms with Crippen LogP contribution in [0.15, 0.2) is 156 Å². The van der Waals surface area contributed by atoms with Crippen molar-refractivity contribution in [3.63, 3.8) is 0 Å². The summed E-state index contributed by atoms with van der Waals surface area (Å²) in [5.74, 6) is 1.56. The zero-order valence-corrected chi connectivity index (χ0v) is 32.6. The minimum Gasteiger partial charge on any atom is -0.557 e. The third-order valence-electron chi connectivity index (χ3n) is 9.61. The van der Waals surface area contributed by atoms with Crippen LogP contribution in [0, 0.1) is 12.3 Å². The summed E-state index contributed by atoms with van der Waals surface area (Å²) in [7, 11) is 0. The monoisotopic (exact) mass is 866 g/mol. The average molecular weight is 866 g/mol. The van der Waals surface area contributed by atoms with Crippen LogP contribution in [0.1, 0.15) is 50.7 Å². The van der Waals surface area contributed by atoms with Gasteiger partial charge < -0.3 is 14.0 Å². The summed E-state index contributed by atoms with van der Waals surface area (Å²) < 4.78 is 8.38. The van der Waals surface area contributed by atoms with E-state index in [1.807, 2.05) is 42.5 Å². The summed E-state index contributed by atoms with van der Waals surface area (Å²) in [4.78, 5) is 9.42. The van der Waals surface area contributed by atoms with Crippen molar-refractivity contribution in [2.75, 3.05) is 0 Å². The molecule has 0 N–H and O–H groups in total. The van der Waals surface area contributed by atoms with Gasteiger partial charge in [0, 0.05) is 43.8 Å². The van der Waals surface area contributed by atoms with Crippen molar-refractivity contribution in [2.45, 2.75) is 39.5 Å². The fourth-order valence-corrected chi connectivity index (χ4v) is 7.05. The number of furan rings is 1. The number of fused-ring (bicyclic) bond motifs is 3. The Hall–Kier alpha value is -5.61. The van der Waals surface area contributed by atoms with E-state index in [2.05, 4.69) is 153 Å². The Balaban J connectivity index is 0.000000284. The van der Waals surface area contributed by atoms with Crippen LogP contribution >= 0.6 is 0 Å². The SMILES string of the molecule is CC(C)c1cccc(C(C)C)c1-n1c(-c2[c-]oc3ccc(-c4cccc5ccccc45)cc23)nc2ccccc21.[Ir].[c-]1ccccc1-c1ccccn1. The van der Waals surface area contributed by atoms with Crippen LogP contribution in [0.4, 0.5) is 0 Å². The largest absolute Gasteiger partial charge is 0.557 e. The summed E-state index contributed by atoms with van der Waals surface area (Å²) >= 11 is 0. The molecular weight excluding hydrogens is 827 g/mol. The van der Waals surface area contributed by atoms with Gasteiger partial charge in [0.25, 0.3) is 0 Å². The zero-order chi connectivity index (χ0) is 35.6. The Bertz CT molecular complexity index is 2570. The van der Waals surface area contributed by atoms with Crippen molar-refractivity contribution in [1.82, 2.24) is 14.5 Å². The minimum atomic E-state index is 0. The molecule has 0 bridgehead atoms. The number of hydrogen-bond acceptors (Lipinski definition) is 3. The van der Waals surface area contributed by atoms with Crippen molar-refractivity contribution in [3.05, 3.63) is 175 Å². The van der Waals surface area contributed by atoms with Gasteiger partial charge in [0.05, 0.1) is 16.9 Å². The molecule has 263 valence electrons. The molecule has 6 aromatic carbocycles. The number of imidazole rings is 1. The maximum absolute atomic E-state index is 6.05. The summed E-state index contributed by atoms with van der Waals surface area (Å²) in [5, 5.41) is 3.47. The average Bonchev–Trinajstić information content (AvgIpc) is 3.79. The van der Waals surface area contributed by atoms with E-state index in [1.165, 1.54) is 33.2 Å². The summed E-state index contributed by atoms with van der Waals surface area (Å²) in [6.07, 6.45) is 5.04. The maximum atomic E-state index is 6.05. The second-order valence-corrected chi connectivity index (χ2v) is 13.7. The van der Waals surface area contributed by atoms with Gasteiger partial charge in [0.15, 0.2) is 0 Å². The molecule has 9 aromatic rings. The normalized spacial score (nSPS) is 11.2. The van der Waals surface area contributed by atoms with Crippen LogP contribution in [0.25, 0.3) is 72.2 Å². The number of aromatic nitrogens is 3. The van der Waals surface area contributed by atoms with E-state index in [9.17, 15) is 0 Å². The van der Waals surface area contributed by atoms with E-state index < -0.39 is 0 Å². The van der Waals surface area contributed by atoms with Gasteiger partial charge in [-0.2, -0.15) is 0 Å². The predicted octanol–water partition coefficient (Wildman–Crippen LogP) is 12.9. The van der Waals surface area contributed by atoms with E-state index >= 15 is 0 Å². The summed E-state index contributed by atoms with van der Waals surface area (Å²) in [5.41, 5.74) is 11.9. The molecule has 0 saturated carbocycles. The summed E-state index contributed by atoms with van der Waals surface area (Å²) in [6, 6.07) is 53.3. The van der Waals surface area contributed by atoms with E-state index in [0.29, 0.717) is 11.8 Å². The molecule has 5 heteroatoms. The maximum Gasteiger partial charge on any atom is 0.0774 e. The fraction of sp³-hybridized carbons (Fsp3) is 0.125. The second-order valence-electron chi connectivity index (χ2n) is 13.7. The van der Waals surface area contributed by atoms with Crippen LogP contribution in [0.3, 0.4) is 0 Å². The van der Waals surface area contributed by atoms with Gasteiger partial charge in [-0.05, 0) is 68.8 Å². The minimum absolute atomic E-state index is 0. The zero-order valence-electron chi connectivity index (χ0n) is 30.2. The van der Waals surface area contributed by atoms with Crippen molar-refractivity contribution in [1.29, 1.82) is 0 Å². The first-order valence-electron chi connectivity index (χ1n) is 17.9. The van der Waals surface area contributed by atoms with Gasteiger partial charge >= 0.3 is 0 Å². The second kappa shape index (κ2) is 15.6. The van der Waals surface area contributed by atoms with Gasteiger partial charge in [0.1, 0.15) is 0 Å². The number of benzene rings is 6. The van der Waals surface area contributed by atoms with Gasteiger partial charge in [-0.15, -0.1) is 35.9 Å². The van der Waals surface area contributed by atoms with Gasteiger partial charge in [-0.3, -0.25) is 4.98 Å². The first-order chi connectivity index (χ1) is 25.5. The molecular formula is C48H39IrN3O-2. The molecule has 53 heavy (non-hydrogen) atoms. The smallest absolute Gasteiger partial charge is 0.0774 e. The fourth-order valence-electron chi connectivity index (χ4n) is 7.05. The van der Waals surface area contributed by atoms with Crippen molar-refractivity contribution < 1.29 is 24.5 Å². The predicted molar refractivity (Wildman–Crippen MR) is 215 cm³/mol. The molecule has 0 spiro atoms. The molecule has 3 heterocycles. The number of hydrogen-bond donors (Lipinski definition) is 0. The van der Waals surface area contributed by atoms with Crippen LogP contribution in [0.5, 0.6) is 0 Å². The number of pyridine rings is 1. The Labute approximate surface area is 324 Å². The Morgan fingerprint density at radius 2 is 1.38 bits per heavy atom. The molecule has 1 radical (unpaired) electrons. The molecule has 9 rings (SSSR count). The molecule has 0 fully saturated rings. The topological polar surface area (TPSA) is 43.9 Å². The Morgan fingerprint density at radius 3 is 2.13 bits per heavy atom. The van der Waals surface area contributed by atoms with Gasteiger partial charge in [0.2, 0.25) is 0 Å². The standard InChI is InChI=1S/C37H31N2O.C11H8N.Ir/c1-23(2)27-14-10-15-28(24(3)4)36(27)39-34-18-8-7-17-33(34)38-37(39)32-22-40-35-20-19-26(21-31(32)35)30-16-9-12-25-11-5-6-13-29(25)30;1-2-6-10(7-3-1)11-8-4-5-9-12-11;/h5-21,23-24H,1-4H3;1-6,8-9H;/q2*-1;. The molecule has 0 unspecified atom stereocenters. The molecule has 0 aliphatic rings. The molecule has 0 aliphatic carbocycles. The van der Waals surface area contributed by atoms with Crippen LogP contribution in [-0.2, 0) is 20.1 Å². The van der Waals surface area contributed by atoms with E-state index in [4.69, 9.17) is 9.40 Å². The van der Waals surface area contributed by atoms with Crippen LogP contribution < -0.4 is 0 Å². The number of nitrogens with zero attached hydrogens (tertiary/aromatic N) is 3. The first-order valence-corrected chi connectivity index (χ1v) is 17.9. The number of para-hydroxylation sites is 3. The van der Waals surface area contributed by atoms with E-state index in [-0.39, 0.29) is 20.1 Å². The molecule has 3 aromatic heterocycles. The molecule has 0 aliphatic heterocycles. The Kier molecular flexibility index (Phi) is 10.5. The molecule has 0 saturated heterocycles. The van der Waals surface area contributed by atoms with Gasteiger partial charge in [-0.25, -0.2) is 0 Å².